The molecule has 0 radical (unpaired) electrons. The zero-order valence-electron chi connectivity index (χ0n) is 23.3. The third-order valence-electron chi connectivity index (χ3n) is 6.54. The summed E-state index contributed by atoms with van der Waals surface area (Å²) in [5, 5.41) is 38.8. The van der Waals surface area contributed by atoms with Gasteiger partial charge in [0.05, 0.1) is 30.4 Å². The van der Waals surface area contributed by atoms with Crippen molar-refractivity contribution in [2.24, 2.45) is 5.16 Å². The van der Waals surface area contributed by atoms with Crippen molar-refractivity contribution >= 4 is 70.1 Å². The molecular formula is C23H28N10O9S2. The van der Waals surface area contributed by atoms with Crippen LogP contribution in [0.4, 0.5) is 10.9 Å². The smallest absolute Gasteiger partial charge is 0.350 e. The quantitative estimate of drug-likeness (QED) is 0.0370. The number of anilines is 2. The molecule has 4 heterocycles. The number of hydrogen-bond donors (Lipinski definition) is 6. The predicted molar refractivity (Wildman–Crippen MR) is 150 cm³/mol. The normalized spacial score (nSPS) is 18.4. The Morgan fingerprint density at radius 1 is 1.36 bits per heavy atom. The summed E-state index contributed by atoms with van der Waals surface area (Å²) in [5.41, 5.74) is 9.85. The molecule has 4 rings (SSSR count). The fourth-order valence-corrected chi connectivity index (χ4v) is 6.06. The van der Waals surface area contributed by atoms with E-state index >= 15 is 0 Å². The van der Waals surface area contributed by atoms with Crippen molar-refractivity contribution in [1.82, 2.24) is 29.6 Å². The van der Waals surface area contributed by atoms with E-state index in [2.05, 4.69) is 25.1 Å². The van der Waals surface area contributed by atoms with Crippen molar-refractivity contribution in [3.05, 3.63) is 28.9 Å². The average Bonchev–Trinajstić information content (AvgIpc) is 3.52. The number of aromatic nitrogens is 4. The zero-order valence-corrected chi connectivity index (χ0v) is 24.9. The van der Waals surface area contributed by atoms with Gasteiger partial charge in [0.2, 0.25) is 29.7 Å². The van der Waals surface area contributed by atoms with Crippen LogP contribution >= 0.6 is 23.3 Å². The van der Waals surface area contributed by atoms with Gasteiger partial charge < -0.3 is 47.1 Å². The first kappa shape index (κ1) is 32.2. The molecule has 236 valence electrons. The number of β-lactam (4-membered cyclic amide) rings is 1. The number of amides is 3. The van der Waals surface area contributed by atoms with Crippen LogP contribution in [0.5, 0.6) is 0 Å². The second-order valence-corrected chi connectivity index (χ2v) is 11.8. The third kappa shape index (κ3) is 6.28. The molecule has 1 saturated heterocycles. The van der Waals surface area contributed by atoms with Gasteiger partial charge in [-0.25, -0.2) is 4.79 Å². The van der Waals surface area contributed by atoms with E-state index in [4.69, 9.17) is 16.3 Å². The van der Waals surface area contributed by atoms with Gasteiger partial charge in [-0.2, -0.15) is 9.36 Å². The number of nitrogen functional groups attached to an aromatic ring is 2. The molecule has 8 N–H and O–H groups in total. The molecule has 0 aromatic carbocycles. The molecular weight excluding hydrogens is 624 g/mol. The summed E-state index contributed by atoms with van der Waals surface area (Å²) in [7, 11) is 0. The molecule has 1 fully saturated rings. The maximum absolute atomic E-state index is 13.2. The average molecular weight is 653 g/mol. The lowest BCUT2D eigenvalue weighted by Crippen LogP contribution is -2.71. The van der Waals surface area contributed by atoms with Gasteiger partial charge in [-0.05, 0) is 13.8 Å². The second kappa shape index (κ2) is 12.9. The highest BCUT2D eigenvalue weighted by Gasteiger charge is 2.53. The van der Waals surface area contributed by atoms with Crippen LogP contribution in [0.15, 0.2) is 22.6 Å². The molecule has 3 amide bonds. The van der Waals surface area contributed by atoms with Crippen LogP contribution in [0, 0.1) is 0 Å². The lowest BCUT2D eigenvalue weighted by Gasteiger charge is -2.50. The molecule has 44 heavy (non-hydrogen) atoms. The van der Waals surface area contributed by atoms with Crippen LogP contribution in [-0.2, 0) is 48.4 Å². The highest BCUT2D eigenvalue weighted by atomic mass is 32.2. The number of thioether (sulfide) groups is 1. The molecule has 0 spiro atoms. The van der Waals surface area contributed by atoms with Crippen LogP contribution in [-0.4, -0.2) is 94.4 Å². The number of nitrogens with one attached hydrogen (secondary N) is 2. The molecule has 0 saturated carbocycles. The van der Waals surface area contributed by atoms with Gasteiger partial charge in [0, 0.05) is 22.9 Å². The van der Waals surface area contributed by atoms with E-state index in [1.54, 1.807) is 10.9 Å². The molecule has 21 heteroatoms. The monoisotopic (exact) mass is 652 g/mol. The van der Waals surface area contributed by atoms with Crippen molar-refractivity contribution in [2.45, 2.75) is 50.5 Å². The largest absolute Gasteiger partial charge is 0.543 e. The number of aliphatic hydroxyl groups is 1. The van der Waals surface area contributed by atoms with Gasteiger partial charge in [0.1, 0.15) is 18.0 Å². The number of nitrogens with two attached hydrogens (primary N) is 2. The fourth-order valence-electron chi connectivity index (χ4n) is 4.29. The summed E-state index contributed by atoms with van der Waals surface area (Å²) >= 11 is 1.92. The first-order valence-electron chi connectivity index (χ1n) is 12.7. The Bertz CT molecular complexity index is 1570. The molecule has 2 aliphatic rings. The Morgan fingerprint density at radius 2 is 2.09 bits per heavy atom. The molecule has 2 atom stereocenters. The Kier molecular flexibility index (Phi) is 9.39. The maximum Gasteiger partial charge on any atom is 0.350 e. The van der Waals surface area contributed by atoms with E-state index in [1.165, 1.54) is 30.3 Å². The number of hydrogen-bond acceptors (Lipinski definition) is 15. The molecule has 2 aromatic heterocycles. The van der Waals surface area contributed by atoms with Crippen molar-refractivity contribution < 1.29 is 48.8 Å². The number of rotatable bonds is 14. The van der Waals surface area contributed by atoms with Gasteiger partial charge in [0.25, 0.3) is 11.8 Å². The Balaban J connectivity index is 1.58. The van der Waals surface area contributed by atoms with Gasteiger partial charge in [0.15, 0.2) is 17.5 Å². The van der Waals surface area contributed by atoms with Crippen LogP contribution < -0.4 is 31.9 Å². The number of carboxylic acids is 2. The minimum absolute atomic E-state index is 0.0140. The standard InChI is InChI=1S/C23H28N10O9S2/c1-23(2,21(40)41)42-29-12(16-28-22(25)44-30-16)17(36)27-13-18(37)33-14(20(38)39)11(8-43-19(13)33)7-31-6-10(5-26-9-35)15(24)32(31)3-4-34/h6,9,13,19,24,34H,3-5,7-8H2,1-2H3,(H6,25,26,27,28,30,35,36,38,39,40,41)/b29-12-/t13-,19-/m1/s1. The SMILES string of the molecule is CC(C)(O/N=C(\C(=O)N[C@@H]1C(=O)N2C(C(=O)[O-])=C(C[n+]3cc(CNC=O)c(N)n3CCO)CS[C@H]12)c1nsc(N)n1)C(=O)O. The summed E-state index contributed by atoms with van der Waals surface area (Å²) in [6, 6.07) is -1.19. The van der Waals surface area contributed by atoms with E-state index in [1.807, 2.05) is 0 Å². The second-order valence-electron chi connectivity index (χ2n) is 9.89. The van der Waals surface area contributed by atoms with Crippen molar-refractivity contribution in [3.8, 4) is 0 Å². The van der Waals surface area contributed by atoms with Gasteiger partial charge in [-0.15, -0.1) is 21.1 Å². The van der Waals surface area contributed by atoms with Crippen molar-refractivity contribution in [2.75, 3.05) is 23.8 Å². The van der Waals surface area contributed by atoms with Gasteiger partial charge >= 0.3 is 5.97 Å². The molecule has 0 unspecified atom stereocenters. The number of aliphatic hydroxyl groups excluding tert-OH is 1. The molecule has 2 aliphatic heterocycles. The number of fused-ring (bicyclic) bond motifs is 1. The minimum Gasteiger partial charge on any atom is -0.543 e. The lowest BCUT2D eigenvalue weighted by atomic mass is 10.0. The Hall–Kier alpha value is -4.76. The predicted octanol–water partition coefficient (Wildman–Crippen LogP) is -4.28. The summed E-state index contributed by atoms with van der Waals surface area (Å²) in [6.07, 6.45) is 2.08. The topological polar surface area (TPSA) is 284 Å². The van der Waals surface area contributed by atoms with Crippen LogP contribution in [0.3, 0.4) is 0 Å². The number of carbonyl (C=O) groups is 5. The van der Waals surface area contributed by atoms with E-state index in [0.29, 0.717) is 17.5 Å². The van der Waals surface area contributed by atoms with E-state index in [0.717, 1.165) is 16.4 Å². The first-order chi connectivity index (χ1) is 20.8. The molecule has 0 bridgehead atoms. The fraction of sp³-hybridized carbons (Fsp3) is 0.435. The number of nitrogens with zero attached hydrogens (tertiary/aromatic N) is 6. The van der Waals surface area contributed by atoms with Crippen LogP contribution in [0.2, 0.25) is 0 Å². The third-order valence-corrected chi connectivity index (χ3v) is 8.42. The minimum atomic E-state index is -1.83. The number of carboxylic acid groups (broad SMARTS) is 2. The first-order valence-corrected chi connectivity index (χ1v) is 14.6. The van der Waals surface area contributed by atoms with Crippen LogP contribution in [0.1, 0.15) is 25.2 Å². The zero-order chi connectivity index (χ0) is 32.3. The summed E-state index contributed by atoms with van der Waals surface area (Å²) in [4.78, 5) is 70.8. The van der Waals surface area contributed by atoms with Crippen molar-refractivity contribution in [1.29, 1.82) is 0 Å². The number of oxime groups is 1. The van der Waals surface area contributed by atoms with E-state index < -0.39 is 46.5 Å². The molecule has 2 aromatic rings. The number of aliphatic carboxylic acids is 2. The van der Waals surface area contributed by atoms with Crippen molar-refractivity contribution in [3.63, 3.8) is 0 Å². The maximum atomic E-state index is 13.2. The summed E-state index contributed by atoms with van der Waals surface area (Å²) in [6.45, 7) is 2.25. The van der Waals surface area contributed by atoms with Gasteiger partial charge in [-0.3, -0.25) is 19.3 Å². The summed E-state index contributed by atoms with van der Waals surface area (Å²) < 4.78 is 6.97. The number of carbonyl (C=O) groups excluding carboxylic acids is 4. The lowest BCUT2D eigenvalue weighted by molar-refractivity contribution is -0.767. The highest BCUT2D eigenvalue weighted by molar-refractivity contribution is 8.00. The highest BCUT2D eigenvalue weighted by Crippen LogP contribution is 2.40. The molecule has 19 nitrogen and oxygen atoms in total. The van der Waals surface area contributed by atoms with Gasteiger partial charge in [-0.1, -0.05) is 5.16 Å². The van der Waals surface area contributed by atoms with Crippen LogP contribution in [0.25, 0.3) is 0 Å². The summed E-state index contributed by atoms with van der Waals surface area (Å²) in [5.74, 6) is -4.64. The van der Waals surface area contributed by atoms with E-state index in [-0.39, 0.29) is 54.5 Å². The Morgan fingerprint density at radius 3 is 2.68 bits per heavy atom. The molecule has 0 aliphatic carbocycles. The van der Waals surface area contributed by atoms with E-state index in [9.17, 15) is 39.3 Å². The Labute approximate surface area is 256 Å².